The van der Waals surface area contributed by atoms with E-state index in [4.69, 9.17) is 9.15 Å². The minimum atomic E-state index is -3.23. The molecule has 1 aromatic heterocycles. The zero-order chi connectivity index (χ0) is 21.7. The number of sulfone groups is 1. The highest BCUT2D eigenvalue weighted by molar-refractivity contribution is 7.90. The summed E-state index contributed by atoms with van der Waals surface area (Å²) in [6, 6.07) is 14.3. The van der Waals surface area contributed by atoms with Crippen LogP contribution in [-0.4, -0.2) is 26.5 Å². The second-order valence-electron chi connectivity index (χ2n) is 7.11. The Morgan fingerprint density at radius 1 is 1.10 bits per heavy atom. The summed E-state index contributed by atoms with van der Waals surface area (Å²) in [5.41, 5.74) is 4.25. The first-order chi connectivity index (χ1) is 14.2. The first-order valence-electron chi connectivity index (χ1n) is 9.31. The largest absolute Gasteiger partial charge is 0.487 e. The monoisotopic (exact) mass is 428 g/mol. The molecular weight excluding hydrogens is 404 g/mol. The molecule has 0 aliphatic carbocycles. The third-order valence-corrected chi connectivity index (χ3v) is 5.07. The van der Waals surface area contributed by atoms with Gasteiger partial charge in [0.15, 0.2) is 15.6 Å². The zero-order valence-electron chi connectivity index (χ0n) is 17.1. The molecular formula is C22H24N2O5S. The maximum atomic E-state index is 12.2. The molecule has 30 heavy (non-hydrogen) atoms. The van der Waals surface area contributed by atoms with Crippen LogP contribution < -0.4 is 15.4 Å². The Balaban J connectivity index is 1.83. The Morgan fingerprint density at radius 2 is 1.90 bits per heavy atom. The number of nitrogens with one attached hydrogen (secondary N) is 2. The zero-order valence-corrected chi connectivity index (χ0v) is 17.9. The van der Waals surface area contributed by atoms with Gasteiger partial charge in [-0.3, -0.25) is 4.79 Å². The van der Waals surface area contributed by atoms with Crippen molar-refractivity contribution in [2.75, 3.05) is 22.8 Å². The van der Waals surface area contributed by atoms with Gasteiger partial charge >= 0.3 is 0 Å². The van der Waals surface area contributed by atoms with Gasteiger partial charge in [-0.25, -0.2) is 8.42 Å². The van der Waals surface area contributed by atoms with Gasteiger partial charge in [-0.15, -0.1) is 0 Å². The predicted molar refractivity (Wildman–Crippen MR) is 117 cm³/mol. The molecule has 2 aromatic carbocycles. The van der Waals surface area contributed by atoms with Gasteiger partial charge in [0.25, 0.3) is 5.91 Å². The lowest BCUT2D eigenvalue weighted by atomic mass is 10.1. The van der Waals surface area contributed by atoms with Crippen LogP contribution in [0, 0.1) is 13.8 Å². The second kappa shape index (κ2) is 9.04. The topological polar surface area (TPSA) is 97.6 Å². The lowest BCUT2D eigenvalue weighted by molar-refractivity contribution is 0.0996. The van der Waals surface area contributed by atoms with Crippen molar-refractivity contribution in [3.63, 3.8) is 0 Å². The van der Waals surface area contributed by atoms with E-state index in [0.29, 0.717) is 23.7 Å². The van der Waals surface area contributed by atoms with Crippen LogP contribution in [0.15, 0.2) is 59.2 Å². The summed E-state index contributed by atoms with van der Waals surface area (Å²) in [7, 11) is -3.23. The molecule has 2 N–H and O–H groups in total. The molecule has 8 heteroatoms. The highest BCUT2D eigenvalue weighted by Crippen LogP contribution is 2.30. The number of benzene rings is 2. The van der Waals surface area contributed by atoms with E-state index in [2.05, 4.69) is 10.6 Å². The fourth-order valence-electron chi connectivity index (χ4n) is 2.79. The van der Waals surface area contributed by atoms with Crippen LogP contribution in [0.2, 0.25) is 0 Å². The molecule has 7 nitrogen and oxygen atoms in total. The molecule has 0 fully saturated rings. The standard InChI is InChI=1S/C22H24N2O5S/c1-15-6-7-16(2)17(11-15)13-29-21-12-18(24-22(25)20-5-4-10-28-20)8-9-19(21)23-14-30(3,26)27/h4-12,23H,13-14H2,1-3H3,(H,24,25). The smallest absolute Gasteiger partial charge is 0.291 e. The Bertz CT molecular complexity index is 1140. The average molecular weight is 429 g/mol. The van der Waals surface area contributed by atoms with Crippen LogP contribution in [0.3, 0.4) is 0 Å². The molecule has 0 radical (unpaired) electrons. The van der Waals surface area contributed by atoms with Gasteiger partial charge in [0.2, 0.25) is 0 Å². The molecule has 0 aliphatic heterocycles. The highest BCUT2D eigenvalue weighted by atomic mass is 32.2. The van der Waals surface area contributed by atoms with E-state index in [9.17, 15) is 13.2 Å². The molecule has 0 saturated heterocycles. The van der Waals surface area contributed by atoms with Crippen molar-refractivity contribution in [3.05, 3.63) is 77.2 Å². The van der Waals surface area contributed by atoms with Gasteiger partial charge in [-0.1, -0.05) is 23.8 Å². The number of carbonyl (C=O) groups excluding carboxylic acids is 1. The number of anilines is 2. The summed E-state index contributed by atoms with van der Waals surface area (Å²) in [6.45, 7) is 4.31. The van der Waals surface area contributed by atoms with Crippen LogP contribution in [0.1, 0.15) is 27.2 Å². The Hall–Kier alpha value is -3.26. The molecule has 1 heterocycles. The molecule has 3 rings (SSSR count). The Kier molecular flexibility index (Phi) is 6.47. The van der Waals surface area contributed by atoms with Crippen molar-refractivity contribution < 1.29 is 22.4 Å². The SMILES string of the molecule is Cc1ccc(C)c(COc2cc(NC(=O)c3ccco3)ccc2NCS(C)(=O)=O)c1. The van der Waals surface area contributed by atoms with Gasteiger partial charge < -0.3 is 19.8 Å². The van der Waals surface area contributed by atoms with Crippen molar-refractivity contribution in [2.45, 2.75) is 20.5 Å². The fourth-order valence-corrected chi connectivity index (χ4v) is 3.20. The summed E-state index contributed by atoms with van der Waals surface area (Å²) >= 11 is 0. The first kappa shape index (κ1) is 21.4. The summed E-state index contributed by atoms with van der Waals surface area (Å²) < 4.78 is 34.2. The van der Waals surface area contributed by atoms with Crippen molar-refractivity contribution in [1.29, 1.82) is 0 Å². The fraction of sp³-hybridized carbons (Fsp3) is 0.227. The van der Waals surface area contributed by atoms with Crippen LogP contribution in [-0.2, 0) is 16.4 Å². The number of aryl methyl sites for hydroxylation is 2. The first-order valence-corrected chi connectivity index (χ1v) is 11.4. The Morgan fingerprint density at radius 3 is 2.60 bits per heavy atom. The van der Waals surface area contributed by atoms with Crippen molar-refractivity contribution in [3.8, 4) is 5.75 Å². The maximum absolute atomic E-state index is 12.2. The van der Waals surface area contributed by atoms with E-state index in [1.165, 1.54) is 6.26 Å². The quantitative estimate of drug-likeness (QED) is 0.560. The van der Waals surface area contributed by atoms with Gasteiger partial charge in [-0.05, 0) is 49.2 Å². The second-order valence-corrected chi connectivity index (χ2v) is 9.25. The summed E-state index contributed by atoms with van der Waals surface area (Å²) in [4.78, 5) is 12.2. The normalized spacial score (nSPS) is 11.2. The molecule has 0 aliphatic rings. The molecule has 3 aromatic rings. The minimum Gasteiger partial charge on any atom is -0.487 e. The van der Waals surface area contributed by atoms with Gasteiger partial charge in [0.05, 0.1) is 12.0 Å². The summed E-state index contributed by atoms with van der Waals surface area (Å²) in [6.07, 6.45) is 2.57. The highest BCUT2D eigenvalue weighted by Gasteiger charge is 2.13. The van der Waals surface area contributed by atoms with Crippen LogP contribution in [0.4, 0.5) is 11.4 Å². The molecule has 0 saturated carbocycles. The van der Waals surface area contributed by atoms with Crippen molar-refractivity contribution in [1.82, 2.24) is 0 Å². The van der Waals surface area contributed by atoms with E-state index < -0.39 is 15.7 Å². The molecule has 0 atom stereocenters. The molecule has 0 unspecified atom stereocenters. The number of rotatable bonds is 8. The maximum Gasteiger partial charge on any atom is 0.291 e. The minimum absolute atomic E-state index is 0.187. The molecule has 0 spiro atoms. The van der Waals surface area contributed by atoms with Crippen molar-refractivity contribution in [2.24, 2.45) is 0 Å². The number of furan rings is 1. The third-order valence-electron chi connectivity index (χ3n) is 4.40. The molecule has 1 amide bonds. The van der Waals surface area contributed by atoms with E-state index >= 15 is 0 Å². The van der Waals surface area contributed by atoms with E-state index in [-0.39, 0.29) is 11.6 Å². The van der Waals surface area contributed by atoms with Crippen LogP contribution in [0.5, 0.6) is 5.75 Å². The van der Waals surface area contributed by atoms with Crippen LogP contribution in [0.25, 0.3) is 0 Å². The van der Waals surface area contributed by atoms with Gasteiger partial charge in [0.1, 0.15) is 18.2 Å². The number of ether oxygens (including phenoxy) is 1. The van der Waals surface area contributed by atoms with Gasteiger partial charge in [0, 0.05) is 18.0 Å². The number of amides is 1. The van der Waals surface area contributed by atoms with Gasteiger partial charge in [-0.2, -0.15) is 0 Å². The van der Waals surface area contributed by atoms with Crippen LogP contribution >= 0.6 is 0 Å². The average Bonchev–Trinajstić information content (AvgIpc) is 3.22. The third kappa shape index (κ3) is 5.87. The number of hydrogen-bond donors (Lipinski definition) is 2. The lowest BCUT2D eigenvalue weighted by Crippen LogP contribution is -2.14. The van der Waals surface area contributed by atoms with E-state index in [0.717, 1.165) is 22.9 Å². The lowest BCUT2D eigenvalue weighted by Gasteiger charge is -2.16. The predicted octanol–water partition coefficient (Wildman–Crippen LogP) is 4.14. The summed E-state index contributed by atoms with van der Waals surface area (Å²) in [5, 5.41) is 5.62. The van der Waals surface area contributed by atoms with Crippen molar-refractivity contribution >= 4 is 27.1 Å². The number of hydrogen-bond acceptors (Lipinski definition) is 6. The Labute approximate surface area is 176 Å². The van der Waals surface area contributed by atoms with E-state index in [1.807, 2.05) is 32.0 Å². The number of carbonyl (C=O) groups is 1. The van der Waals surface area contributed by atoms with E-state index in [1.54, 1.807) is 30.3 Å². The molecule has 0 bridgehead atoms. The summed E-state index contributed by atoms with van der Waals surface area (Å²) in [5.74, 6) is -0.00783. The molecule has 158 valence electrons.